The Kier molecular flexibility index (Phi) is 12.3. The van der Waals surface area contributed by atoms with E-state index in [0.717, 1.165) is 31.2 Å². The fourth-order valence-electron chi connectivity index (χ4n) is 6.47. The SMILES string of the molecule is CC(C)(C)N(C(=O)O)C1CCC(O)CC1.CC(C)(C)OC(=O)NC1CCC(OC2C(=O)N(Cc3ccccc3)C(=O)C2(C)C)CC1. The second kappa shape index (κ2) is 15.2. The molecular formula is C35H55N3O8. The quantitative estimate of drug-likeness (QED) is 0.326. The summed E-state index contributed by atoms with van der Waals surface area (Å²) >= 11 is 0. The number of nitrogens with one attached hydrogen (secondary N) is 1. The molecule has 2 aliphatic carbocycles. The minimum atomic E-state index is -0.905. The molecule has 3 aliphatic rings. The molecule has 1 atom stereocenters. The van der Waals surface area contributed by atoms with Crippen LogP contribution in [-0.2, 0) is 25.6 Å². The van der Waals surface area contributed by atoms with Gasteiger partial charge in [-0.25, -0.2) is 9.59 Å². The van der Waals surface area contributed by atoms with Crippen LogP contribution >= 0.6 is 0 Å². The van der Waals surface area contributed by atoms with E-state index < -0.39 is 29.3 Å². The van der Waals surface area contributed by atoms with Crippen molar-refractivity contribution in [1.82, 2.24) is 15.1 Å². The molecule has 1 heterocycles. The van der Waals surface area contributed by atoms with Gasteiger partial charge in [-0.1, -0.05) is 30.3 Å². The standard InChI is InChI=1S/C24H34N2O5.C11H21NO3/c1-23(2,3)31-22(29)25-17-11-13-18(14-12-17)30-19-20(27)26(21(28)24(19,4)5)15-16-9-7-6-8-10-16;1-11(2,3)12(10(14)15)8-4-6-9(13)7-5-8/h6-10,17-19H,11-15H2,1-5H3,(H,25,29);8-9,13H,4-7H2,1-3H3,(H,14,15). The molecule has 46 heavy (non-hydrogen) atoms. The summed E-state index contributed by atoms with van der Waals surface area (Å²) in [5.41, 5.74) is -0.887. The molecule has 0 radical (unpaired) electrons. The van der Waals surface area contributed by atoms with E-state index in [9.17, 15) is 29.4 Å². The van der Waals surface area contributed by atoms with Crippen LogP contribution < -0.4 is 5.32 Å². The van der Waals surface area contributed by atoms with Crippen LogP contribution in [0.4, 0.5) is 9.59 Å². The van der Waals surface area contributed by atoms with Crippen molar-refractivity contribution >= 4 is 24.0 Å². The number of likely N-dealkylation sites (tertiary alicyclic amines) is 1. The highest BCUT2D eigenvalue weighted by molar-refractivity contribution is 6.08. The lowest BCUT2D eigenvalue weighted by atomic mass is 9.87. The molecular weight excluding hydrogens is 590 g/mol. The topological polar surface area (TPSA) is 146 Å². The van der Waals surface area contributed by atoms with Gasteiger partial charge < -0.3 is 29.9 Å². The van der Waals surface area contributed by atoms with E-state index >= 15 is 0 Å². The number of carboxylic acid groups (broad SMARTS) is 1. The van der Waals surface area contributed by atoms with Gasteiger partial charge >= 0.3 is 12.2 Å². The first-order valence-corrected chi connectivity index (χ1v) is 16.5. The Labute approximate surface area is 274 Å². The molecule has 1 aliphatic heterocycles. The second-order valence-electron chi connectivity index (χ2n) is 15.4. The number of imide groups is 1. The highest BCUT2D eigenvalue weighted by Gasteiger charge is 2.55. The van der Waals surface area contributed by atoms with Crippen LogP contribution in [0.2, 0.25) is 0 Å². The van der Waals surface area contributed by atoms with Gasteiger partial charge in [0.25, 0.3) is 5.91 Å². The molecule has 1 saturated heterocycles. The number of hydrogen-bond acceptors (Lipinski definition) is 7. The summed E-state index contributed by atoms with van der Waals surface area (Å²) in [4.78, 5) is 52.0. The van der Waals surface area contributed by atoms with Gasteiger partial charge in [0.1, 0.15) is 5.60 Å². The molecule has 1 aromatic carbocycles. The summed E-state index contributed by atoms with van der Waals surface area (Å²) < 4.78 is 11.5. The Morgan fingerprint density at radius 1 is 0.935 bits per heavy atom. The van der Waals surface area contributed by atoms with Crippen LogP contribution in [-0.4, -0.2) is 85.5 Å². The van der Waals surface area contributed by atoms with Gasteiger partial charge in [0.05, 0.1) is 24.2 Å². The number of aliphatic hydroxyl groups is 1. The van der Waals surface area contributed by atoms with Gasteiger partial charge in [-0.05, 0) is 112 Å². The zero-order valence-electron chi connectivity index (χ0n) is 28.9. The van der Waals surface area contributed by atoms with E-state index in [-0.39, 0.29) is 48.2 Å². The Bertz CT molecular complexity index is 1190. The highest BCUT2D eigenvalue weighted by atomic mass is 16.6. The normalized spacial score (nSPS) is 26.5. The third-order valence-corrected chi connectivity index (χ3v) is 8.81. The van der Waals surface area contributed by atoms with Crippen LogP contribution in [0.1, 0.15) is 112 Å². The first-order valence-electron chi connectivity index (χ1n) is 16.5. The van der Waals surface area contributed by atoms with Crippen molar-refractivity contribution in [1.29, 1.82) is 0 Å². The molecule has 11 nitrogen and oxygen atoms in total. The van der Waals surface area contributed by atoms with Gasteiger partial charge in [0.15, 0.2) is 6.10 Å². The van der Waals surface area contributed by atoms with E-state index in [1.54, 1.807) is 13.8 Å². The lowest BCUT2D eigenvalue weighted by Gasteiger charge is -2.42. The van der Waals surface area contributed by atoms with Crippen molar-refractivity contribution in [2.45, 2.75) is 155 Å². The average Bonchev–Trinajstić information content (AvgIpc) is 3.09. The molecule has 0 aromatic heterocycles. The maximum atomic E-state index is 13.1. The second-order valence-corrected chi connectivity index (χ2v) is 15.4. The molecule has 258 valence electrons. The molecule has 3 fully saturated rings. The van der Waals surface area contributed by atoms with Crippen molar-refractivity contribution < 1.29 is 38.9 Å². The van der Waals surface area contributed by atoms with Crippen LogP contribution in [0.3, 0.4) is 0 Å². The first kappa shape index (κ1) is 37.3. The summed E-state index contributed by atoms with van der Waals surface area (Å²) in [6, 6.07) is 9.58. The maximum Gasteiger partial charge on any atom is 0.407 e. The van der Waals surface area contributed by atoms with Crippen molar-refractivity contribution in [3.63, 3.8) is 0 Å². The summed E-state index contributed by atoms with van der Waals surface area (Å²) in [6.45, 7) is 15.0. The third kappa shape index (κ3) is 10.2. The Hall–Kier alpha value is -3.18. The van der Waals surface area contributed by atoms with E-state index in [4.69, 9.17) is 9.47 Å². The monoisotopic (exact) mass is 645 g/mol. The largest absolute Gasteiger partial charge is 0.465 e. The molecule has 0 spiro atoms. The van der Waals surface area contributed by atoms with Gasteiger partial charge in [-0.15, -0.1) is 0 Å². The van der Waals surface area contributed by atoms with Crippen molar-refractivity contribution in [3.05, 3.63) is 35.9 Å². The lowest BCUT2D eigenvalue weighted by Crippen LogP contribution is -2.52. The number of carbonyl (C=O) groups is 4. The van der Waals surface area contributed by atoms with Crippen LogP contribution in [0, 0.1) is 5.41 Å². The van der Waals surface area contributed by atoms with E-state index in [2.05, 4.69) is 5.32 Å². The smallest absolute Gasteiger partial charge is 0.407 e. The van der Waals surface area contributed by atoms with Crippen LogP contribution in [0.25, 0.3) is 0 Å². The van der Waals surface area contributed by atoms with Crippen LogP contribution in [0.15, 0.2) is 30.3 Å². The van der Waals surface area contributed by atoms with Gasteiger partial charge in [0.2, 0.25) is 5.91 Å². The molecule has 1 aromatic rings. The Morgan fingerprint density at radius 2 is 1.50 bits per heavy atom. The summed E-state index contributed by atoms with van der Waals surface area (Å²) in [5, 5.41) is 21.5. The Balaban J connectivity index is 0.000000322. The van der Waals surface area contributed by atoms with E-state index in [0.29, 0.717) is 25.7 Å². The molecule has 4 amide bonds. The van der Waals surface area contributed by atoms with Crippen molar-refractivity contribution in [2.75, 3.05) is 0 Å². The maximum absolute atomic E-state index is 13.1. The number of aliphatic hydroxyl groups excluding tert-OH is 1. The number of amides is 4. The number of nitrogens with zero attached hydrogens (tertiary/aromatic N) is 2. The molecule has 0 bridgehead atoms. The third-order valence-electron chi connectivity index (χ3n) is 8.81. The molecule has 11 heteroatoms. The van der Waals surface area contributed by atoms with Gasteiger partial charge in [0, 0.05) is 17.6 Å². The molecule has 2 saturated carbocycles. The predicted molar refractivity (Wildman–Crippen MR) is 174 cm³/mol. The first-order chi connectivity index (χ1) is 21.3. The van der Waals surface area contributed by atoms with Gasteiger partial charge in [-0.2, -0.15) is 0 Å². The summed E-state index contributed by atoms with van der Waals surface area (Å²) in [7, 11) is 0. The highest BCUT2D eigenvalue weighted by Crippen LogP contribution is 2.38. The molecule has 3 N–H and O–H groups in total. The van der Waals surface area contributed by atoms with Crippen molar-refractivity contribution in [2.24, 2.45) is 5.41 Å². The number of hydrogen-bond donors (Lipinski definition) is 3. The van der Waals surface area contributed by atoms with Crippen LogP contribution in [0.5, 0.6) is 0 Å². The summed E-state index contributed by atoms with van der Waals surface area (Å²) in [6.07, 6.45) is 3.47. The van der Waals surface area contributed by atoms with Crippen molar-refractivity contribution in [3.8, 4) is 0 Å². The number of ether oxygens (including phenoxy) is 2. The number of carbonyl (C=O) groups excluding carboxylic acids is 3. The minimum absolute atomic E-state index is 0.0261. The van der Waals surface area contributed by atoms with E-state index in [1.165, 1.54) is 9.80 Å². The number of alkyl carbamates (subject to hydrolysis) is 1. The zero-order chi connectivity index (χ0) is 34.4. The van der Waals surface area contributed by atoms with Gasteiger partial charge in [-0.3, -0.25) is 14.5 Å². The number of rotatable bonds is 6. The summed E-state index contributed by atoms with van der Waals surface area (Å²) in [5.74, 6) is -0.473. The predicted octanol–water partition coefficient (Wildman–Crippen LogP) is 5.87. The average molecular weight is 646 g/mol. The van der Waals surface area contributed by atoms with E-state index in [1.807, 2.05) is 71.9 Å². The molecule has 4 rings (SSSR count). The minimum Gasteiger partial charge on any atom is -0.465 e. The Morgan fingerprint density at radius 3 is 2.00 bits per heavy atom. The molecule has 1 unspecified atom stereocenters. The number of benzene rings is 1. The fraction of sp³-hybridized carbons (Fsp3) is 0.714. The fourth-order valence-corrected chi connectivity index (χ4v) is 6.47. The zero-order valence-corrected chi connectivity index (χ0v) is 28.9. The lowest BCUT2D eigenvalue weighted by molar-refractivity contribution is -0.146.